The molecular formula is C18H27NO2. The number of hydrogen-bond acceptors (Lipinski definition) is 3. The Bertz CT molecular complexity index is 422. The molecular weight excluding hydrogens is 262 g/mol. The summed E-state index contributed by atoms with van der Waals surface area (Å²) in [5.41, 5.74) is 0.675. The molecule has 3 nitrogen and oxygen atoms in total. The average molecular weight is 289 g/mol. The van der Waals surface area contributed by atoms with Crippen molar-refractivity contribution in [3.05, 3.63) is 35.9 Å². The van der Waals surface area contributed by atoms with Crippen LogP contribution in [0.4, 0.5) is 0 Å². The zero-order chi connectivity index (χ0) is 14.5. The Balaban J connectivity index is 1.69. The van der Waals surface area contributed by atoms with E-state index in [0.717, 1.165) is 6.42 Å². The van der Waals surface area contributed by atoms with Crippen molar-refractivity contribution in [1.29, 1.82) is 0 Å². The second-order valence-electron chi connectivity index (χ2n) is 6.69. The molecule has 0 aromatic heterocycles. The molecule has 2 fully saturated rings. The predicted octanol–water partition coefficient (Wildman–Crippen LogP) is 3.05. The van der Waals surface area contributed by atoms with E-state index in [0.29, 0.717) is 31.7 Å². The SMILES string of the molecule is OC1(CNC(c2ccccc2)C2CCCCC2)CCOC1. The van der Waals surface area contributed by atoms with Crippen LogP contribution in [0.25, 0.3) is 0 Å². The Kier molecular flexibility index (Phi) is 4.94. The summed E-state index contributed by atoms with van der Waals surface area (Å²) in [7, 11) is 0. The Morgan fingerprint density at radius 3 is 2.62 bits per heavy atom. The highest BCUT2D eigenvalue weighted by atomic mass is 16.5. The van der Waals surface area contributed by atoms with E-state index < -0.39 is 5.60 Å². The fourth-order valence-electron chi connectivity index (χ4n) is 3.72. The lowest BCUT2D eigenvalue weighted by Gasteiger charge is -2.33. The van der Waals surface area contributed by atoms with E-state index in [1.165, 1.54) is 37.7 Å². The number of benzene rings is 1. The van der Waals surface area contributed by atoms with Crippen molar-refractivity contribution in [2.24, 2.45) is 5.92 Å². The smallest absolute Gasteiger partial charge is 0.103 e. The molecule has 0 bridgehead atoms. The van der Waals surface area contributed by atoms with E-state index >= 15 is 0 Å². The molecule has 1 heterocycles. The molecule has 21 heavy (non-hydrogen) atoms. The lowest BCUT2D eigenvalue weighted by molar-refractivity contribution is 0.0222. The molecule has 1 saturated carbocycles. The van der Waals surface area contributed by atoms with E-state index in [1.807, 2.05) is 0 Å². The quantitative estimate of drug-likeness (QED) is 0.875. The first-order valence-electron chi connectivity index (χ1n) is 8.35. The lowest BCUT2D eigenvalue weighted by atomic mass is 9.81. The third-order valence-corrected chi connectivity index (χ3v) is 5.01. The number of aliphatic hydroxyl groups is 1. The van der Waals surface area contributed by atoms with Crippen molar-refractivity contribution in [2.45, 2.75) is 50.2 Å². The number of nitrogens with one attached hydrogen (secondary N) is 1. The summed E-state index contributed by atoms with van der Waals surface area (Å²) in [6, 6.07) is 11.1. The second kappa shape index (κ2) is 6.91. The van der Waals surface area contributed by atoms with Gasteiger partial charge < -0.3 is 15.2 Å². The van der Waals surface area contributed by atoms with Crippen LogP contribution >= 0.6 is 0 Å². The maximum absolute atomic E-state index is 10.5. The van der Waals surface area contributed by atoms with Crippen molar-refractivity contribution in [3.8, 4) is 0 Å². The summed E-state index contributed by atoms with van der Waals surface area (Å²) in [6.45, 7) is 1.77. The van der Waals surface area contributed by atoms with Gasteiger partial charge in [-0.1, -0.05) is 49.6 Å². The number of hydrogen-bond donors (Lipinski definition) is 2. The van der Waals surface area contributed by atoms with Gasteiger partial charge in [0.15, 0.2) is 0 Å². The third-order valence-electron chi connectivity index (χ3n) is 5.01. The van der Waals surface area contributed by atoms with Crippen molar-refractivity contribution < 1.29 is 9.84 Å². The zero-order valence-corrected chi connectivity index (χ0v) is 12.8. The predicted molar refractivity (Wildman–Crippen MR) is 84.1 cm³/mol. The average Bonchev–Trinajstić information content (AvgIpc) is 2.97. The summed E-state index contributed by atoms with van der Waals surface area (Å²) >= 11 is 0. The van der Waals surface area contributed by atoms with E-state index in [-0.39, 0.29) is 0 Å². The van der Waals surface area contributed by atoms with Crippen LogP contribution < -0.4 is 5.32 Å². The van der Waals surface area contributed by atoms with Gasteiger partial charge in [-0.25, -0.2) is 0 Å². The van der Waals surface area contributed by atoms with Gasteiger partial charge in [-0.3, -0.25) is 0 Å². The summed E-state index contributed by atoms with van der Waals surface area (Å²) in [6.07, 6.45) is 7.37. The van der Waals surface area contributed by atoms with E-state index in [4.69, 9.17) is 4.74 Å². The van der Waals surface area contributed by atoms with Gasteiger partial charge in [-0.2, -0.15) is 0 Å². The van der Waals surface area contributed by atoms with Crippen LogP contribution in [0, 0.1) is 5.92 Å². The molecule has 3 heteroatoms. The highest BCUT2D eigenvalue weighted by Crippen LogP contribution is 2.34. The van der Waals surface area contributed by atoms with Gasteiger partial charge >= 0.3 is 0 Å². The zero-order valence-electron chi connectivity index (χ0n) is 12.8. The van der Waals surface area contributed by atoms with Gasteiger partial charge in [-0.05, 0) is 24.3 Å². The largest absolute Gasteiger partial charge is 0.386 e. The summed E-state index contributed by atoms with van der Waals surface area (Å²) < 4.78 is 5.35. The molecule has 2 aliphatic rings. The van der Waals surface area contributed by atoms with Crippen LogP contribution in [0.1, 0.15) is 50.1 Å². The molecule has 0 amide bonds. The fourth-order valence-corrected chi connectivity index (χ4v) is 3.72. The highest BCUT2D eigenvalue weighted by Gasteiger charge is 2.34. The molecule has 2 N–H and O–H groups in total. The third kappa shape index (κ3) is 3.85. The van der Waals surface area contributed by atoms with Crippen LogP contribution in [0.3, 0.4) is 0 Å². The Hall–Kier alpha value is -0.900. The van der Waals surface area contributed by atoms with Gasteiger partial charge in [0.1, 0.15) is 5.60 Å². The minimum absolute atomic E-state index is 0.358. The lowest BCUT2D eigenvalue weighted by Crippen LogP contribution is -2.44. The molecule has 3 rings (SSSR count). The molecule has 2 atom stereocenters. The minimum Gasteiger partial charge on any atom is -0.386 e. The first-order chi connectivity index (χ1) is 10.3. The number of ether oxygens (including phenoxy) is 1. The Morgan fingerprint density at radius 1 is 1.19 bits per heavy atom. The van der Waals surface area contributed by atoms with Gasteiger partial charge in [0.2, 0.25) is 0 Å². The maximum Gasteiger partial charge on any atom is 0.103 e. The first-order valence-corrected chi connectivity index (χ1v) is 8.35. The van der Waals surface area contributed by atoms with E-state index in [1.54, 1.807) is 0 Å². The van der Waals surface area contributed by atoms with Crippen LogP contribution in [-0.4, -0.2) is 30.5 Å². The molecule has 1 aromatic rings. The van der Waals surface area contributed by atoms with E-state index in [2.05, 4.69) is 35.6 Å². The van der Waals surface area contributed by atoms with Gasteiger partial charge in [-0.15, -0.1) is 0 Å². The maximum atomic E-state index is 10.5. The molecule has 1 saturated heterocycles. The molecule has 116 valence electrons. The normalized spacial score (nSPS) is 28.6. The van der Waals surface area contributed by atoms with Crippen LogP contribution in [0.5, 0.6) is 0 Å². The van der Waals surface area contributed by atoms with Crippen molar-refractivity contribution in [1.82, 2.24) is 5.32 Å². The molecule has 1 aliphatic carbocycles. The molecule has 1 aliphatic heterocycles. The highest BCUT2D eigenvalue weighted by molar-refractivity contribution is 5.20. The summed E-state index contributed by atoms with van der Waals surface area (Å²) in [5.74, 6) is 0.687. The molecule has 0 radical (unpaired) electrons. The van der Waals surface area contributed by atoms with Crippen LogP contribution in [-0.2, 0) is 4.74 Å². The number of rotatable bonds is 5. The summed E-state index contributed by atoms with van der Waals surface area (Å²) in [4.78, 5) is 0. The van der Waals surface area contributed by atoms with Gasteiger partial charge in [0.05, 0.1) is 6.61 Å². The molecule has 0 spiro atoms. The Labute approximate surface area is 127 Å². The topological polar surface area (TPSA) is 41.5 Å². The van der Waals surface area contributed by atoms with Gasteiger partial charge in [0.25, 0.3) is 0 Å². The van der Waals surface area contributed by atoms with Crippen molar-refractivity contribution in [3.63, 3.8) is 0 Å². The monoisotopic (exact) mass is 289 g/mol. The molecule has 1 aromatic carbocycles. The summed E-state index contributed by atoms with van der Waals surface area (Å²) in [5, 5.41) is 14.2. The van der Waals surface area contributed by atoms with Crippen LogP contribution in [0.15, 0.2) is 30.3 Å². The Morgan fingerprint density at radius 2 is 1.95 bits per heavy atom. The van der Waals surface area contributed by atoms with Crippen molar-refractivity contribution >= 4 is 0 Å². The molecule has 2 unspecified atom stereocenters. The first kappa shape index (κ1) is 15.0. The van der Waals surface area contributed by atoms with Gasteiger partial charge in [0, 0.05) is 25.6 Å². The fraction of sp³-hybridized carbons (Fsp3) is 0.667. The standard InChI is InChI=1S/C18H27NO2/c20-18(11-12-21-14-18)13-19-17(15-7-3-1-4-8-15)16-9-5-2-6-10-16/h1,3-4,7-8,16-17,19-20H,2,5-6,9-14H2. The minimum atomic E-state index is -0.679. The van der Waals surface area contributed by atoms with E-state index in [9.17, 15) is 5.11 Å². The second-order valence-corrected chi connectivity index (χ2v) is 6.69. The van der Waals surface area contributed by atoms with Crippen molar-refractivity contribution in [2.75, 3.05) is 19.8 Å². The van der Waals surface area contributed by atoms with Crippen LogP contribution in [0.2, 0.25) is 0 Å².